The highest BCUT2D eigenvalue weighted by Crippen LogP contribution is 2.03. The lowest BCUT2D eigenvalue weighted by atomic mass is 10.0. The summed E-state index contributed by atoms with van der Waals surface area (Å²) in [5.41, 5.74) is 5.44. The first-order valence-electron chi connectivity index (χ1n) is 2.55. The molecule has 0 radical (unpaired) electrons. The van der Waals surface area contributed by atoms with Crippen molar-refractivity contribution >= 4 is 0 Å². The summed E-state index contributed by atoms with van der Waals surface area (Å²) in [7, 11) is 0. The van der Waals surface area contributed by atoms with E-state index in [0.717, 1.165) is 6.42 Å². The van der Waals surface area contributed by atoms with Gasteiger partial charge in [-0.05, 0) is 13.3 Å². The van der Waals surface area contributed by atoms with Crippen molar-refractivity contribution in [3.05, 3.63) is 12.7 Å². The van der Waals surface area contributed by atoms with Crippen LogP contribution in [-0.2, 0) is 0 Å². The molecule has 0 aromatic heterocycles. The lowest BCUT2D eigenvalue weighted by Crippen LogP contribution is -2.31. The van der Waals surface area contributed by atoms with Crippen molar-refractivity contribution in [2.45, 2.75) is 25.8 Å². The molecule has 42 valence electrons. The molecule has 0 aliphatic rings. The minimum atomic E-state index is -0.153. The molecule has 0 spiro atoms. The van der Waals surface area contributed by atoms with Crippen LogP contribution in [0.25, 0.3) is 0 Å². The Balaban J connectivity index is 3.58. The molecule has 0 saturated carbocycles. The van der Waals surface area contributed by atoms with E-state index in [1.807, 2.05) is 13.8 Å². The van der Waals surface area contributed by atoms with Crippen LogP contribution in [0.1, 0.15) is 20.3 Å². The molecule has 0 rings (SSSR count). The van der Waals surface area contributed by atoms with Crippen LogP contribution in [0.5, 0.6) is 0 Å². The summed E-state index contributed by atoms with van der Waals surface area (Å²) in [4.78, 5) is 0. The van der Waals surface area contributed by atoms with Gasteiger partial charge in [0.05, 0.1) is 0 Å². The fourth-order valence-corrected chi connectivity index (χ4v) is 0.144. The topological polar surface area (TPSA) is 26.0 Å². The van der Waals surface area contributed by atoms with Gasteiger partial charge in [-0.2, -0.15) is 0 Å². The number of hydrogen-bond donors (Lipinski definition) is 1. The standard InChI is InChI=1S/C6H13N/c1-4-6(3,7)5-2/h4H,1,5,7H2,2-3H3. The second kappa shape index (κ2) is 2.12. The molecule has 0 aliphatic carbocycles. The van der Waals surface area contributed by atoms with E-state index in [1.165, 1.54) is 0 Å². The fraction of sp³-hybridized carbons (Fsp3) is 0.667. The van der Waals surface area contributed by atoms with Gasteiger partial charge in [-0.3, -0.25) is 0 Å². The van der Waals surface area contributed by atoms with Crippen molar-refractivity contribution in [3.8, 4) is 0 Å². The zero-order valence-electron chi connectivity index (χ0n) is 5.07. The normalized spacial score (nSPS) is 18.1. The molecular weight excluding hydrogens is 86.1 g/mol. The average molecular weight is 99.2 g/mol. The van der Waals surface area contributed by atoms with Crippen LogP contribution in [0.3, 0.4) is 0 Å². The van der Waals surface area contributed by atoms with Crippen LogP contribution in [0.2, 0.25) is 0 Å². The molecule has 7 heavy (non-hydrogen) atoms. The lowest BCUT2D eigenvalue weighted by Gasteiger charge is -2.15. The third kappa shape index (κ3) is 2.40. The highest BCUT2D eigenvalue weighted by atomic mass is 14.7. The monoisotopic (exact) mass is 99.1 g/mol. The van der Waals surface area contributed by atoms with Gasteiger partial charge in [0.1, 0.15) is 0 Å². The van der Waals surface area contributed by atoms with Gasteiger partial charge in [0.15, 0.2) is 0 Å². The Morgan fingerprint density at radius 2 is 2.29 bits per heavy atom. The first kappa shape index (κ1) is 6.70. The molecule has 0 heterocycles. The number of rotatable bonds is 2. The van der Waals surface area contributed by atoms with Crippen LogP contribution < -0.4 is 5.73 Å². The highest BCUT2D eigenvalue weighted by Gasteiger charge is 2.07. The third-order valence-electron chi connectivity index (χ3n) is 1.23. The van der Waals surface area contributed by atoms with Gasteiger partial charge in [-0.15, -0.1) is 6.58 Å². The summed E-state index contributed by atoms with van der Waals surface area (Å²) in [6.07, 6.45) is 2.73. The summed E-state index contributed by atoms with van der Waals surface area (Å²) in [6.45, 7) is 7.58. The maximum Gasteiger partial charge on any atom is 0.0305 e. The molecule has 1 unspecified atom stereocenters. The van der Waals surface area contributed by atoms with Gasteiger partial charge in [-0.25, -0.2) is 0 Å². The maximum absolute atomic E-state index is 5.60. The summed E-state index contributed by atoms with van der Waals surface area (Å²) < 4.78 is 0. The van der Waals surface area contributed by atoms with Crippen LogP contribution in [0.4, 0.5) is 0 Å². The van der Waals surface area contributed by atoms with Crippen molar-refractivity contribution in [2.75, 3.05) is 0 Å². The fourth-order valence-electron chi connectivity index (χ4n) is 0.144. The lowest BCUT2D eigenvalue weighted by molar-refractivity contribution is 0.565. The van der Waals surface area contributed by atoms with Crippen molar-refractivity contribution in [1.29, 1.82) is 0 Å². The minimum absolute atomic E-state index is 0.153. The molecule has 1 nitrogen and oxygen atoms in total. The van der Waals surface area contributed by atoms with Crippen LogP contribution >= 0.6 is 0 Å². The Morgan fingerprint density at radius 1 is 1.86 bits per heavy atom. The molecule has 1 heteroatoms. The molecule has 2 N–H and O–H groups in total. The van der Waals surface area contributed by atoms with Crippen LogP contribution in [-0.4, -0.2) is 5.54 Å². The van der Waals surface area contributed by atoms with Gasteiger partial charge >= 0.3 is 0 Å². The van der Waals surface area contributed by atoms with E-state index in [4.69, 9.17) is 5.73 Å². The molecule has 0 saturated heterocycles. The van der Waals surface area contributed by atoms with Crippen molar-refractivity contribution in [1.82, 2.24) is 0 Å². The highest BCUT2D eigenvalue weighted by molar-refractivity contribution is 4.94. The zero-order chi connectivity index (χ0) is 5.91. The van der Waals surface area contributed by atoms with E-state index in [-0.39, 0.29) is 5.54 Å². The Morgan fingerprint density at radius 3 is 2.29 bits per heavy atom. The van der Waals surface area contributed by atoms with Crippen LogP contribution in [0, 0.1) is 0 Å². The van der Waals surface area contributed by atoms with E-state index >= 15 is 0 Å². The molecule has 1 atom stereocenters. The molecule has 0 amide bonds. The smallest absolute Gasteiger partial charge is 0.0305 e. The zero-order valence-corrected chi connectivity index (χ0v) is 5.07. The molecule has 0 aromatic carbocycles. The largest absolute Gasteiger partial charge is 0.322 e. The van der Waals surface area contributed by atoms with E-state index in [2.05, 4.69) is 6.58 Å². The molecule has 0 aliphatic heterocycles. The third-order valence-corrected chi connectivity index (χ3v) is 1.23. The van der Waals surface area contributed by atoms with Crippen molar-refractivity contribution in [2.24, 2.45) is 5.73 Å². The molecule has 0 bridgehead atoms. The van der Waals surface area contributed by atoms with Gasteiger partial charge in [0, 0.05) is 5.54 Å². The summed E-state index contributed by atoms with van der Waals surface area (Å²) >= 11 is 0. The molecule has 0 fully saturated rings. The summed E-state index contributed by atoms with van der Waals surface area (Å²) in [5.74, 6) is 0. The molecule has 0 aromatic rings. The predicted octanol–water partition coefficient (Wildman–Crippen LogP) is 1.30. The number of nitrogens with two attached hydrogens (primary N) is 1. The Labute approximate surface area is 45.2 Å². The first-order chi connectivity index (χ1) is 3.12. The van der Waals surface area contributed by atoms with Gasteiger partial charge in [0.25, 0.3) is 0 Å². The average Bonchev–Trinajstić information content (AvgIpc) is 1.68. The van der Waals surface area contributed by atoms with E-state index in [0.29, 0.717) is 0 Å². The summed E-state index contributed by atoms with van der Waals surface area (Å²) in [5, 5.41) is 0. The van der Waals surface area contributed by atoms with E-state index in [9.17, 15) is 0 Å². The Kier molecular flexibility index (Phi) is 2.03. The summed E-state index contributed by atoms with van der Waals surface area (Å²) in [6, 6.07) is 0. The SMILES string of the molecule is C=CC(C)(N)CC. The quantitative estimate of drug-likeness (QED) is 0.519. The van der Waals surface area contributed by atoms with E-state index in [1.54, 1.807) is 6.08 Å². The Hall–Kier alpha value is -0.300. The Bertz CT molecular complexity index is 64.6. The van der Waals surface area contributed by atoms with Gasteiger partial charge < -0.3 is 5.73 Å². The second-order valence-corrected chi connectivity index (χ2v) is 2.06. The predicted molar refractivity (Wildman–Crippen MR) is 33.1 cm³/mol. The molecular formula is C6H13N. The van der Waals surface area contributed by atoms with Crippen molar-refractivity contribution in [3.63, 3.8) is 0 Å². The van der Waals surface area contributed by atoms with Gasteiger partial charge in [0.2, 0.25) is 0 Å². The van der Waals surface area contributed by atoms with Crippen molar-refractivity contribution < 1.29 is 0 Å². The maximum atomic E-state index is 5.60. The second-order valence-electron chi connectivity index (χ2n) is 2.06. The first-order valence-corrected chi connectivity index (χ1v) is 2.55. The van der Waals surface area contributed by atoms with Gasteiger partial charge in [-0.1, -0.05) is 13.0 Å². The van der Waals surface area contributed by atoms with E-state index < -0.39 is 0 Å². The number of hydrogen-bond acceptors (Lipinski definition) is 1. The minimum Gasteiger partial charge on any atom is -0.322 e. The van der Waals surface area contributed by atoms with Crippen LogP contribution in [0.15, 0.2) is 12.7 Å².